The van der Waals surface area contributed by atoms with Gasteiger partial charge in [0.25, 0.3) is 0 Å². The summed E-state index contributed by atoms with van der Waals surface area (Å²) in [6, 6.07) is 24.8. The highest BCUT2D eigenvalue weighted by Crippen LogP contribution is 2.39. The van der Waals surface area contributed by atoms with E-state index in [1.807, 2.05) is 36.4 Å². The van der Waals surface area contributed by atoms with E-state index in [2.05, 4.69) is 36.4 Å². The topological polar surface area (TPSA) is 40.5 Å². The molecule has 0 radical (unpaired) electrons. The predicted octanol–water partition coefficient (Wildman–Crippen LogP) is 4.36. The molecule has 3 aromatic rings. The Hall–Kier alpha value is -2.42. The lowest BCUT2D eigenvalue weighted by Crippen LogP contribution is -2.25. The largest absolute Gasteiger partial charge is 0.390 e. The number of rotatable bonds is 2. The molecule has 4 rings (SSSR count). The van der Waals surface area contributed by atoms with Gasteiger partial charge < -0.3 is 10.2 Å². The lowest BCUT2D eigenvalue weighted by Gasteiger charge is -2.28. The van der Waals surface area contributed by atoms with Gasteiger partial charge in [-0.2, -0.15) is 0 Å². The van der Waals surface area contributed by atoms with E-state index in [0.29, 0.717) is 6.42 Å². The molecular weight excluding hydrogens is 296 g/mol. The van der Waals surface area contributed by atoms with Gasteiger partial charge in [0.2, 0.25) is 0 Å². The number of aliphatic hydroxyl groups excluding tert-OH is 2. The van der Waals surface area contributed by atoms with Crippen LogP contribution in [0.2, 0.25) is 0 Å². The van der Waals surface area contributed by atoms with Crippen molar-refractivity contribution in [3.05, 3.63) is 83.9 Å². The minimum absolute atomic E-state index is 0.604. The molecule has 120 valence electrons. The van der Waals surface area contributed by atoms with E-state index in [-0.39, 0.29) is 0 Å². The van der Waals surface area contributed by atoms with Crippen LogP contribution >= 0.6 is 0 Å². The molecule has 0 saturated carbocycles. The van der Waals surface area contributed by atoms with Crippen molar-refractivity contribution in [2.75, 3.05) is 0 Å². The Morgan fingerprint density at radius 2 is 1.25 bits per heavy atom. The van der Waals surface area contributed by atoms with Crippen LogP contribution in [0, 0.1) is 0 Å². The van der Waals surface area contributed by atoms with Crippen LogP contribution in [0.4, 0.5) is 0 Å². The van der Waals surface area contributed by atoms with Gasteiger partial charge in [-0.05, 0) is 52.3 Å². The third kappa shape index (κ3) is 2.64. The minimum atomic E-state index is -0.805. The fourth-order valence-electron chi connectivity index (χ4n) is 3.53. The summed E-state index contributed by atoms with van der Waals surface area (Å²) in [5, 5.41) is 20.4. The summed E-state index contributed by atoms with van der Waals surface area (Å²) in [5.41, 5.74) is 6.53. The van der Waals surface area contributed by atoms with Crippen LogP contribution in [0.1, 0.15) is 23.7 Å². The predicted molar refractivity (Wildman–Crippen MR) is 96.6 cm³/mol. The number of fused-ring (bicyclic) bond motifs is 1. The number of hydrogen-bond donors (Lipinski definition) is 2. The molecule has 1 aliphatic rings. The van der Waals surface area contributed by atoms with Crippen molar-refractivity contribution in [2.24, 2.45) is 0 Å². The van der Waals surface area contributed by atoms with E-state index in [9.17, 15) is 10.2 Å². The maximum Gasteiger partial charge on any atom is 0.105 e. The average Bonchev–Trinajstić information content (AvgIpc) is 2.65. The molecule has 2 nitrogen and oxygen atoms in total. The average molecular weight is 316 g/mol. The van der Waals surface area contributed by atoms with E-state index < -0.39 is 12.2 Å². The number of aryl methyl sites for hydroxylation is 1. The van der Waals surface area contributed by atoms with Gasteiger partial charge >= 0.3 is 0 Å². The van der Waals surface area contributed by atoms with Gasteiger partial charge in [0.05, 0.1) is 6.10 Å². The summed E-state index contributed by atoms with van der Waals surface area (Å²) in [4.78, 5) is 0. The molecule has 0 amide bonds. The quantitative estimate of drug-likeness (QED) is 0.737. The maximum atomic E-state index is 10.4. The second-order valence-corrected chi connectivity index (χ2v) is 6.38. The Morgan fingerprint density at radius 3 is 1.83 bits per heavy atom. The summed E-state index contributed by atoms with van der Waals surface area (Å²) in [7, 11) is 0. The van der Waals surface area contributed by atoms with Gasteiger partial charge in [-0.15, -0.1) is 0 Å². The van der Waals surface area contributed by atoms with Crippen LogP contribution in [0.25, 0.3) is 22.3 Å². The molecule has 0 fully saturated rings. The molecule has 0 aliphatic heterocycles. The van der Waals surface area contributed by atoms with E-state index >= 15 is 0 Å². The first-order valence-corrected chi connectivity index (χ1v) is 8.38. The first-order chi connectivity index (χ1) is 11.7. The molecule has 2 N–H and O–H groups in total. The molecule has 3 aromatic carbocycles. The lowest BCUT2D eigenvalue weighted by atomic mass is 9.82. The molecule has 0 bridgehead atoms. The van der Waals surface area contributed by atoms with Gasteiger partial charge in [0.15, 0.2) is 0 Å². The highest BCUT2D eigenvalue weighted by atomic mass is 16.3. The standard InChI is InChI=1S/C22H20O2/c23-21-12-11-17-13-18(15-7-3-1-4-8-15)19(14-20(17)22(21)24)16-9-5-2-6-10-16/h1-10,13-14,21-24H,11-12H2. The number of aliphatic hydroxyl groups is 2. The number of benzene rings is 3. The Kier molecular flexibility index (Phi) is 3.93. The van der Waals surface area contributed by atoms with Gasteiger partial charge in [-0.3, -0.25) is 0 Å². The van der Waals surface area contributed by atoms with Crippen molar-refractivity contribution in [3.8, 4) is 22.3 Å². The van der Waals surface area contributed by atoms with Crippen LogP contribution in [0.3, 0.4) is 0 Å². The Morgan fingerprint density at radius 1 is 0.708 bits per heavy atom. The van der Waals surface area contributed by atoms with Crippen LogP contribution in [-0.2, 0) is 6.42 Å². The maximum absolute atomic E-state index is 10.4. The zero-order valence-corrected chi connectivity index (χ0v) is 13.4. The van der Waals surface area contributed by atoms with Crippen LogP contribution in [0.5, 0.6) is 0 Å². The van der Waals surface area contributed by atoms with Crippen molar-refractivity contribution >= 4 is 0 Å². The van der Waals surface area contributed by atoms with Gasteiger partial charge in [0, 0.05) is 0 Å². The number of hydrogen-bond acceptors (Lipinski definition) is 2. The Bertz CT molecular complexity index is 841. The second-order valence-electron chi connectivity index (χ2n) is 6.38. The van der Waals surface area contributed by atoms with Gasteiger partial charge in [-0.25, -0.2) is 0 Å². The molecule has 1 aliphatic carbocycles. The van der Waals surface area contributed by atoms with E-state index in [1.54, 1.807) is 0 Å². The molecule has 0 heterocycles. The first-order valence-electron chi connectivity index (χ1n) is 8.38. The van der Waals surface area contributed by atoms with Crippen molar-refractivity contribution in [1.29, 1.82) is 0 Å². The van der Waals surface area contributed by atoms with Gasteiger partial charge in [-0.1, -0.05) is 66.7 Å². The first kappa shape index (κ1) is 15.1. The van der Waals surface area contributed by atoms with E-state index in [4.69, 9.17) is 0 Å². The highest BCUT2D eigenvalue weighted by Gasteiger charge is 2.27. The fraction of sp³-hybridized carbons (Fsp3) is 0.182. The smallest absolute Gasteiger partial charge is 0.105 e. The van der Waals surface area contributed by atoms with E-state index in [1.165, 1.54) is 11.1 Å². The molecule has 2 atom stereocenters. The highest BCUT2D eigenvalue weighted by molar-refractivity contribution is 5.84. The van der Waals surface area contributed by atoms with Gasteiger partial charge in [0.1, 0.15) is 6.10 Å². The summed E-state index contributed by atoms with van der Waals surface area (Å²) >= 11 is 0. The minimum Gasteiger partial charge on any atom is -0.390 e. The van der Waals surface area contributed by atoms with E-state index in [0.717, 1.165) is 28.7 Å². The summed E-state index contributed by atoms with van der Waals surface area (Å²) in [5.74, 6) is 0. The van der Waals surface area contributed by atoms with Crippen LogP contribution < -0.4 is 0 Å². The normalized spacial score (nSPS) is 19.8. The SMILES string of the molecule is OC1CCc2cc(-c3ccccc3)c(-c3ccccc3)cc2C1O. The summed E-state index contributed by atoms with van der Waals surface area (Å²) in [6.45, 7) is 0. The van der Waals surface area contributed by atoms with Crippen molar-refractivity contribution in [3.63, 3.8) is 0 Å². The second kappa shape index (κ2) is 6.23. The fourth-order valence-corrected chi connectivity index (χ4v) is 3.53. The summed E-state index contributed by atoms with van der Waals surface area (Å²) in [6.07, 6.45) is -0.0834. The monoisotopic (exact) mass is 316 g/mol. The zero-order valence-electron chi connectivity index (χ0n) is 13.4. The Labute approximate surface area is 142 Å². The lowest BCUT2D eigenvalue weighted by molar-refractivity contribution is 0.00654. The van der Waals surface area contributed by atoms with Crippen molar-refractivity contribution < 1.29 is 10.2 Å². The molecule has 2 heteroatoms. The Balaban J connectivity index is 1.95. The van der Waals surface area contributed by atoms with Crippen molar-refractivity contribution in [1.82, 2.24) is 0 Å². The van der Waals surface area contributed by atoms with Crippen LogP contribution in [0.15, 0.2) is 72.8 Å². The summed E-state index contributed by atoms with van der Waals surface area (Å²) < 4.78 is 0. The zero-order chi connectivity index (χ0) is 16.5. The molecular formula is C22H20O2. The molecule has 24 heavy (non-hydrogen) atoms. The van der Waals surface area contributed by atoms with Crippen LogP contribution in [-0.4, -0.2) is 16.3 Å². The molecule has 0 aromatic heterocycles. The third-order valence-corrected chi connectivity index (χ3v) is 4.84. The molecule has 0 spiro atoms. The third-order valence-electron chi connectivity index (χ3n) is 4.84. The van der Waals surface area contributed by atoms with Crippen molar-refractivity contribution in [2.45, 2.75) is 25.0 Å². The molecule has 2 unspecified atom stereocenters. The molecule has 0 saturated heterocycles.